The minimum Gasteiger partial charge on any atom is -0.378 e. The molecule has 0 amide bonds. The van der Waals surface area contributed by atoms with Crippen molar-refractivity contribution in [2.45, 2.75) is 20.3 Å². The van der Waals surface area contributed by atoms with E-state index in [0.29, 0.717) is 6.61 Å². The first kappa shape index (κ1) is 16.7. The molecule has 6 nitrogen and oxygen atoms in total. The molecule has 0 atom stereocenters. The number of hydrogen-bond acceptors (Lipinski definition) is 6. The highest BCUT2D eigenvalue weighted by molar-refractivity contribution is 5.47. The van der Waals surface area contributed by atoms with Crippen molar-refractivity contribution in [2.75, 3.05) is 57.6 Å². The fraction of sp³-hybridized carbons (Fsp3) is 0.714. The molecule has 114 valence electrons. The Labute approximate surface area is 121 Å². The van der Waals surface area contributed by atoms with Crippen LogP contribution in [0.2, 0.25) is 0 Å². The monoisotopic (exact) mass is 281 g/mol. The van der Waals surface area contributed by atoms with Crippen LogP contribution in [0.25, 0.3) is 0 Å². The summed E-state index contributed by atoms with van der Waals surface area (Å²) in [6.45, 7) is 8.06. The molecule has 0 aliphatic carbocycles. The maximum absolute atomic E-state index is 5.53. The lowest BCUT2D eigenvalue weighted by Gasteiger charge is -2.11. The van der Waals surface area contributed by atoms with E-state index in [1.165, 1.54) is 0 Å². The molecule has 0 unspecified atom stereocenters. The van der Waals surface area contributed by atoms with E-state index in [1.807, 2.05) is 27.1 Å². The predicted molar refractivity (Wildman–Crippen MR) is 83.4 cm³/mol. The van der Waals surface area contributed by atoms with Crippen LogP contribution in [0.3, 0.4) is 0 Å². The van der Waals surface area contributed by atoms with Gasteiger partial charge in [0.25, 0.3) is 0 Å². The standard InChI is InChI=1S/C14H27N5O/c1-5-6-15-13-11-14(18-12(2)17-13)16-7-9-20-10-8-19(3)4/h11H,5-10H2,1-4H3,(H2,15,16,17,18). The Bertz CT molecular complexity index is 384. The molecule has 1 aromatic heterocycles. The zero-order valence-electron chi connectivity index (χ0n) is 13.1. The molecule has 1 aromatic rings. The number of anilines is 2. The van der Waals surface area contributed by atoms with Gasteiger partial charge < -0.3 is 20.3 Å². The van der Waals surface area contributed by atoms with Crippen LogP contribution >= 0.6 is 0 Å². The summed E-state index contributed by atoms with van der Waals surface area (Å²) in [5.41, 5.74) is 0. The van der Waals surface area contributed by atoms with E-state index in [4.69, 9.17) is 4.74 Å². The molecule has 0 aliphatic rings. The molecule has 0 saturated heterocycles. The number of hydrogen-bond donors (Lipinski definition) is 2. The van der Waals surface area contributed by atoms with E-state index >= 15 is 0 Å². The molecule has 0 fully saturated rings. The van der Waals surface area contributed by atoms with Crippen molar-refractivity contribution in [3.05, 3.63) is 11.9 Å². The van der Waals surface area contributed by atoms with Gasteiger partial charge in [0, 0.05) is 25.7 Å². The summed E-state index contributed by atoms with van der Waals surface area (Å²) < 4.78 is 5.53. The number of ether oxygens (including phenoxy) is 1. The van der Waals surface area contributed by atoms with Gasteiger partial charge in [-0.1, -0.05) is 6.92 Å². The van der Waals surface area contributed by atoms with Crippen LogP contribution in [0.5, 0.6) is 0 Å². The van der Waals surface area contributed by atoms with Gasteiger partial charge in [-0.2, -0.15) is 0 Å². The lowest BCUT2D eigenvalue weighted by atomic mass is 10.4. The topological polar surface area (TPSA) is 62.3 Å². The lowest BCUT2D eigenvalue weighted by Crippen LogP contribution is -2.20. The summed E-state index contributed by atoms with van der Waals surface area (Å²) in [6.07, 6.45) is 1.07. The number of nitrogens with one attached hydrogen (secondary N) is 2. The molecule has 20 heavy (non-hydrogen) atoms. The van der Waals surface area contributed by atoms with Crippen LogP contribution in [0, 0.1) is 6.92 Å². The Morgan fingerprint density at radius 1 is 1.10 bits per heavy atom. The maximum Gasteiger partial charge on any atom is 0.131 e. The highest BCUT2D eigenvalue weighted by Gasteiger charge is 2.01. The van der Waals surface area contributed by atoms with Gasteiger partial charge in [0.15, 0.2) is 0 Å². The zero-order chi connectivity index (χ0) is 14.8. The Hall–Kier alpha value is -1.40. The van der Waals surface area contributed by atoms with Crippen LogP contribution in [0.15, 0.2) is 6.07 Å². The Morgan fingerprint density at radius 3 is 2.35 bits per heavy atom. The first-order chi connectivity index (χ1) is 9.61. The third kappa shape index (κ3) is 7.25. The highest BCUT2D eigenvalue weighted by Crippen LogP contribution is 2.10. The molecule has 0 aromatic carbocycles. The van der Waals surface area contributed by atoms with Crippen molar-refractivity contribution in [1.82, 2.24) is 14.9 Å². The molecule has 0 bridgehead atoms. The molecule has 2 N–H and O–H groups in total. The second-order valence-electron chi connectivity index (χ2n) is 4.95. The quantitative estimate of drug-likeness (QED) is 0.635. The van der Waals surface area contributed by atoms with E-state index < -0.39 is 0 Å². The SMILES string of the molecule is CCCNc1cc(NCCOCCN(C)C)nc(C)n1. The molecular formula is C14H27N5O. The second kappa shape index (κ2) is 9.50. The van der Waals surface area contributed by atoms with Crippen molar-refractivity contribution in [1.29, 1.82) is 0 Å². The average molecular weight is 281 g/mol. The molecule has 0 saturated carbocycles. The van der Waals surface area contributed by atoms with Gasteiger partial charge in [0.1, 0.15) is 17.5 Å². The smallest absolute Gasteiger partial charge is 0.131 e. The normalized spacial score (nSPS) is 10.8. The van der Waals surface area contributed by atoms with Crippen molar-refractivity contribution in [3.63, 3.8) is 0 Å². The van der Waals surface area contributed by atoms with Gasteiger partial charge in [0.05, 0.1) is 13.2 Å². The van der Waals surface area contributed by atoms with E-state index in [-0.39, 0.29) is 0 Å². The fourth-order valence-electron chi connectivity index (χ4n) is 1.60. The van der Waals surface area contributed by atoms with Crippen molar-refractivity contribution >= 4 is 11.6 Å². The number of rotatable bonds is 10. The van der Waals surface area contributed by atoms with E-state index in [1.54, 1.807) is 0 Å². The fourth-order valence-corrected chi connectivity index (χ4v) is 1.60. The highest BCUT2D eigenvalue weighted by atomic mass is 16.5. The summed E-state index contributed by atoms with van der Waals surface area (Å²) in [4.78, 5) is 10.8. The number of nitrogens with zero attached hydrogens (tertiary/aromatic N) is 3. The zero-order valence-corrected chi connectivity index (χ0v) is 13.1. The average Bonchev–Trinajstić information content (AvgIpc) is 2.39. The summed E-state index contributed by atoms with van der Waals surface area (Å²) in [7, 11) is 4.08. The van der Waals surface area contributed by atoms with Crippen LogP contribution in [0.1, 0.15) is 19.2 Å². The molecule has 0 aliphatic heterocycles. The largest absolute Gasteiger partial charge is 0.378 e. The molecule has 1 rings (SSSR count). The first-order valence-electron chi connectivity index (χ1n) is 7.17. The first-order valence-corrected chi connectivity index (χ1v) is 7.17. The van der Waals surface area contributed by atoms with E-state index in [2.05, 4.69) is 32.4 Å². The molecule has 0 radical (unpaired) electrons. The third-order valence-corrected chi connectivity index (χ3v) is 2.63. The number of aryl methyl sites for hydroxylation is 1. The van der Waals surface area contributed by atoms with Crippen LogP contribution in [0.4, 0.5) is 11.6 Å². The van der Waals surface area contributed by atoms with Crippen molar-refractivity contribution in [3.8, 4) is 0 Å². The van der Waals surface area contributed by atoms with Crippen LogP contribution < -0.4 is 10.6 Å². The Kier molecular flexibility index (Phi) is 7.91. The molecule has 1 heterocycles. The van der Waals surface area contributed by atoms with Gasteiger partial charge in [-0.05, 0) is 27.4 Å². The summed E-state index contributed by atoms with van der Waals surface area (Å²) in [5, 5.41) is 6.53. The van der Waals surface area contributed by atoms with Crippen molar-refractivity contribution < 1.29 is 4.74 Å². The van der Waals surface area contributed by atoms with Gasteiger partial charge in [-0.15, -0.1) is 0 Å². The predicted octanol–water partition coefficient (Wildman–Crippen LogP) is 1.60. The van der Waals surface area contributed by atoms with Gasteiger partial charge >= 0.3 is 0 Å². The minimum absolute atomic E-state index is 0.675. The summed E-state index contributed by atoms with van der Waals surface area (Å²) in [5.74, 6) is 2.48. The number of aromatic nitrogens is 2. The molecule has 6 heteroatoms. The van der Waals surface area contributed by atoms with E-state index in [9.17, 15) is 0 Å². The number of likely N-dealkylation sites (N-methyl/N-ethyl adjacent to an activating group) is 1. The molecular weight excluding hydrogens is 254 g/mol. The minimum atomic E-state index is 0.675. The van der Waals surface area contributed by atoms with E-state index in [0.717, 1.165) is 50.1 Å². The van der Waals surface area contributed by atoms with Crippen LogP contribution in [-0.2, 0) is 4.74 Å². The second-order valence-corrected chi connectivity index (χ2v) is 4.95. The Balaban J connectivity index is 2.30. The van der Waals surface area contributed by atoms with Gasteiger partial charge in [0.2, 0.25) is 0 Å². The van der Waals surface area contributed by atoms with Gasteiger partial charge in [-0.25, -0.2) is 9.97 Å². The summed E-state index contributed by atoms with van der Waals surface area (Å²) >= 11 is 0. The van der Waals surface area contributed by atoms with Crippen molar-refractivity contribution in [2.24, 2.45) is 0 Å². The third-order valence-electron chi connectivity index (χ3n) is 2.63. The Morgan fingerprint density at radius 2 is 1.75 bits per heavy atom. The molecule has 0 spiro atoms. The van der Waals surface area contributed by atoms with Gasteiger partial charge in [-0.3, -0.25) is 0 Å². The maximum atomic E-state index is 5.53. The lowest BCUT2D eigenvalue weighted by molar-refractivity contribution is 0.126. The van der Waals surface area contributed by atoms with Crippen LogP contribution in [-0.4, -0.2) is 61.8 Å². The summed E-state index contributed by atoms with van der Waals surface area (Å²) in [6, 6.07) is 1.93.